The summed E-state index contributed by atoms with van der Waals surface area (Å²) in [4.78, 5) is 16.6. The highest BCUT2D eigenvalue weighted by atomic mass is 35.5. The van der Waals surface area contributed by atoms with Crippen LogP contribution in [0.4, 0.5) is 14.5 Å². The fourth-order valence-electron chi connectivity index (χ4n) is 2.55. The minimum atomic E-state index is -1.01. The van der Waals surface area contributed by atoms with Crippen molar-refractivity contribution >= 4 is 34.8 Å². The Morgan fingerprint density at radius 2 is 1.86 bits per heavy atom. The van der Waals surface area contributed by atoms with Gasteiger partial charge in [-0.05, 0) is 29.8 Å². The lowest BCUT2D eigenvalue weighted by Crippen LogP contribution is -2.24. The number of rotatable bonds is 6. The molecule has 0 atom stereocenters. The Morgan fingerprint density at radius 3 is 2.62 bits per heavy atom. The Hall–Kier alpha value is -2.90. The Labute approximate surface area is 175 Å². The van der Waals surface area contributed by atoms with E-state index in [9.17, 15) is 13.6 Å². The number of halogens is 4. The molecule has 0 aliphatic rings. The summed E-state index contributed by atoms with van der Waals surface area (Å²) >= 11 is 12.1. The summed E-state index contributed by atoms with van der Waals surface area (Å²) in [6.45, 7) is -0.0432. The van der Waals surface area contributed by atoms with Crippen molar-refractivity contribution in [1.29, 1.82) is 0 Å². The molecule has 2 N–H and O–H groups in total. The Morgan fingerprint density at radius 1 is 1.10 bits per heavy atom. The third-order valence-corrected chi connectivity index (χ3v) is 4.54. The highest BCUT2D eigenvalue weighted by molar-refractivity contribution is 6.34. The van der Waals surface area contributed by atoms with Crippen LogP contribution in [0.2, 0.25) is 10.0 Å². The number of amides is 1. The predicted octanol–water partition coefficient (Wildman–Crippen LogP) is 5.43. The first-order valence-corrected chi connectivity index (χ1v) is 9.15. The predicted molar refractivity (Wildman–Crippen MR) is 108 cm³/mol. The van der Waals surface area contributed by atoms with Crippen molar-refractivity contribution in [3.05, 3.63) is 81.6 Å². The van der Waals surface area contributed by atoms with Gasteiger partial charge in [0.1, 0.15) is 17.1 Å². The largest absolute Gasteiger partial charge is 0.455 e. The molecule has 150 valence electrons. The van der Waals surface area contributed by atoms with Gasteiger partial charge in [-0.15, -0.1) is 0 Å². The molecular weight excluding hydrogens is 423 g/mol. The van der Waals surface area contributed by atoms with Crippen LogP contribution < -0.4 is 15.4 Å². The molecule has 0 aliphatic heterocycles. The van der Waals surface area contributed by atoms with Gasteiger partial charge in [0.05, 0.1) is 5.02 Å². The summed E-state index contributed by atoms with van der Waals surface area (Å²) in [5, 5.41) is 6.14. The first kappa shape index (κ1) is 20.8. The quantitative estimate of drug-likeness (QED) is 0.539. The Bertz CT molecular complexity index is 1060. The van der Waals surface area contributed by atoms with Gasteiger partial charge in [-0.1, -0.05) is 23.2 Å². The first-order valence-electron chi connectivity index (χ1n) is 8.40. The molecule has 3 rings (SSSR count). The molecule has 9 heteroatoms. The number of benzene rings is 2. The third-order valence-electron chi connectivity index (χ3n) is 3.99. The molecule has 1 aromatic heterocycles. The summed E-state index contributed by atoms with van der Waals surface area (Å²) < 4.78 is 32.7. The molecule has 0 fully saturated rings. The molecule has 2 aromatic carbocycles. The molecule has 0 spiro atoms. The normalized spacial score (nSPS) is 10.5. The second-order valence-corrected chi connectivity index (χ2v) is 6.75. The van der Waals surface area contributed by atoms with Gasteiger partial charge < -0.3 is 15.4 Å². The van der Waals surface area contributed by atoms with E-state index >= 15 is 0 Å². The monoisotopic (exact) mass is 437 g/mol. The van der Waals surface area contributed by atoms with Crippen LogP contribution in [-0.4, -0.2) is 17.9 Å². The van der Waals surface area contributed by atoms with Gasteiger partial charge in [-0.2, -0.15) is 0 Å². The Balaban J connectivity index is 1.80. The number of carbonyl (C=O) groups is 1. The summed E-state index contributed by atoms with van der Waals surface area (Å²) in [6.07, 6.45) is 2.78. The van der Waals surface area contributed by atoms with E-state index in [1.807, 2.05) is 0 Å². The van der Waals surface area contributed by atoms with E-state index in [0.29, 0.717) is 21.3 Å². The molecule has 3 aromatic rings. The molecule has 0 unspecified atom stereocenters. The summed E-state index contributed by atoms with van der Waals surface area (Å²) in [7, 11) is 1.57. The number of nitrogens with zero attached hydrogens (tertiary/aromatic N) is 1. The number of anilines is 1. The number of hydrogen-bond acceptors (Lipinski definition) is 4. The van der Waals surface area contributed by atoms with Gasteiger partial charge in [0.2, 0.25) is 0 Å². The van der Waals surface area contributed by atoms with Crippen molar-refractivity contribution in [1.82, 2.24) is 10.3 Å². The van der Waals surface area contributed by atoms with Crippen molar-refractivity contribution in [2.24, 2.45) is 0 Å². The number of hydrogen-bond donors (Lipinski definition) is 2. The maximum Gasteiger partial charge on any atom is 0.256 e. The van der Waals surface area contributed by atoms with Crippen LogP contribution in [0.1, 0.15) is 15.9 Å². The highest BCUT2D eigenvalue weighted by Crippen LogP contribution is 2.33. The van der Waals surface area contributed by atoms with Gasteiger partial charge >= 0.3 is 0 Å². The lowest BCUT2D eigenvalue weighted by atomic mass is 10.1. The lowest BCUT2D eigenvalue weighted by molar-refractivity contribution is 0.0948. The summed E-state index contributed by atoms with van der Waals surface area (Å²) in [5.74, 6) is -2.02. The summed E-state index contributed by atoms with van der Waals surface area (Å²) in [6, 6.07) is 8.25. The van der Waals surface area contributed by atoms with E-state index in [2.05, 4.69) is 15.6 Å². The second-order valence-electron chi connectivity index (χ2n) is 5.90. The number of ether oxygens (including phenoxy) is 1. The minimum Gasteiger partial charge on any atom is -0.455 e. The van der Waals surface area contributed by atoms with E-state index in [0.717, 1.165) is 12.1 Å². The van der Waals surface area contributed by atoms with Gasteiger partial charge in [-0.3, -0.25) is 9.78 Å². The van der Waals surface area contributed by atoms with E-state index in [-0.39, 0.29) is 23.6 Å². The fourth-order valence-corrected chi connectivity index (χ4v) is 2.87. The average Bonchev–Trinajstić information content (AvgIpc) is 2.71. The standard InChI is InChI=1S/C20H15Cl2F2N3O2/c1-25-17-8-16(24)15(23)6-11(17)9-27-20(28)13-10-26-5-4-18(13)29-19-7-12(21)2-3-14(19)22/h2-8,10,25H,9H2,1H3,(H,27,28). The van der Waals surface area contributed by atoms with Gasteiger partial charge in [0.15, 0.2) is 11.6 Å². The topological polar surface area (TPSA) is 63.2 Å². The SMILES string of the molecule is CNc1cc(F)c(F)cc1CNC(=O)c1cnccc1Oc1cc(Cl)ccc1Cl. The number of carbonyl (C=O) groups excluding carboxylic acids is 1. The second kappa shape index (κ2) is 9.07. The maximum atomic E-state index is 13.6. The van der Waals surface area contributed by atoms with Crippen LogP contribution in [0.3, 0.4) is 0 Å². The van der Waals surface area contributed by atoms with E-state index < -0.39 is 17.5 Å². The number of nitrogens with one attached hydrogen (secondary N) is 2. The van der Waals surface area contributed by atoms with Gasteiger partial charge in [0.25, 0.3) is 5.91 Å². The third kappa shape index (κ3) is 4.93. The zero-order valence-corrected chi connectivity index (χ0v) is 16.6. The van der Waals surface area contributed by atoms with Crippen LogP contribution >= 0.6 is 23.2 Å². The lowest BCUT2D eigenvalue weighted by Gasteiger charge is -2.14. The molecule has 5 nitrogen and oxygen atoms in total. The van der Waals surface area contributed by atoms with Crippen LogP contribution in [-0.2, 0) is 6.54 Å². The van der Waals surface area contributed by atoms with Crippen molar-refractivity contribution in [2.45, 2.75) is 6.54 Å². The van der Waals surface area contributed by atoms with Crippen molar-refractivity contribution in [3.63, 3.8) is 0 Å². The average molecular weight is 438 g/mol. The van der Waals surface area contributed by atoms with Crippen LogP contribution in [0.25, 0.3) is 0 Å². The van der Waals surface area contributed by atoms with E-state index in [4.69, 9.17) is 27.9 Å². The molecule has 0 bridgehead atoms. The molecular formula is C20H15Cl2F2N3O2. The van der Waals surface area contributed by atoms with Crippen LogP contribution in [0.5, 0.6) is 11.5 Å². The molecule has 0 radical (unpaired) electrons. The molecule has 0 saturated carbocycles. The smallest absolute Gasteiger partial charge is 0.256 e. The van der Waals surface area contributed by atoms with Crippen LogP contribution in [0.15, 0.2) is 48.8 Å². The molecule has 1 amide bonds. The number of pyridine rings is 1. The van der Waals surface area contributed by atoms with E-state index in [1.165, 1.54) is 24.5 Å². The maximum absolute atomic E-state index is 13.6. The van der Waals surface area contributed by atoms with Crippen LogP contribution in [0, 0.1) is 11.6 Å². The highest BCUT2D eigenvalue weighted by Gasteiger charge is 2.16. The molecule has 0 aliphatic carbocycles. The zero-order valence-electron chi connectivity index (χ0n) is 15.1. The summed E-state index contributed by atoms with van der Waals surface area (Å²) in [5.41, 5.74) is 0.874. The fraction of sp³-hybridized carbons (Fsp3) is 0.100. The minimum absolute atomic E-state index is 0.0432. The zero-order chi connectivity index (χ0) is 21.0. The number of aromatic nitrogens is 1. The molecule has 0 saturated heterocycles. The van der Waals surface area contributed by atoms with Gasteiger partial charge in [0, 0.05) is 48.8 Å². The first-order chi connectivity index (χ1) is 13.9. The van der Waals surface area contributed by atoms with Crippen molar-refractivity contribution < 1.29 is 18.3 Å². The Kier molecular flexibility index (Phi) is 6.51. The van der Waals surface area contributed by atoms with Crippen molar-refractivity contribution in [2.75, 3.05) is 12.4 Å². The van der Waals surface area contributed by atoms with Gasteiger partial charge in [-0.25, -0.2) is 8.78 Å². The molecule has 1 heterocycles. The van der Waals surface area contributed by atoms with Crippen molar-refractivity contribution in [3.8, 4) is 11.5 Å². The van der Waals surface area contributed by atoms with E-state index in [1.54, 1.807) is 19.2 Å². The molecule has 29 heavy (non-hydrogen) atoms.